The lowest BCUT2D eigenvalue weighted by Crippen LogP contribution is -2.31. The van der Waals surface area contributed by atoms with Crippen LogP contribution in [0, 0.1) is 0 Å². The molecule has 0 rings (SSSR count). The third-order valence-electron chi connectivity index (χ3n) is 1.26. The zero-order valence-corrected chi connectivity index (χ0v) is 6.76. The van der Waals surface area contributed by atoms with Gasteiger partial charge in [0.15, 0.2) is 0 Å². The van der Waals surface area contributed by atoms with E-state index in [9.17, 15) is 4.79 Å². The van der Waals surface area contributed by atoms with Gasteiger partial charge in [0.2, 0.25) is 0 Å². The van der Waals surface area contributed by atoms with E-state index in [1.165, 1.54) is 0 Å². The summed E-state index contributed by atoms with van der Waals surface area (Å²) in [6, 6.07) is -0.506. The molecule has 0 spiro atoms. The van der Waals surface area contributed by atoms with Crippen molar-refractivity contribution in [3.05, 3.63) is 0 Å². The van der Waals surface area contributed by atoms with Gasteiger partial charge in [-0.3, -0.25) is 4.79 Å². The number of hydrogen-bond acceptors (Lipinski definition) is 3. The maximum Gasteiger partial charge on any atom is 0.322 e. The van der Waals surface area contributed by atoms with Crippen LogP contribution in [0.25, 0.3) is 0 Å². The van der Waals surface area contributed by atoms with Gasteiger partial charge in [-0.05, 0) is 20.3 Å². The van der Waals surface area contributed by atoms with E-state index in [4.69, 9.17) is 10.5 Å². The van der Waals surface area contributed by atoms with Gasteiger partial charge in [0.25, 0.3) is 0 Å². The molecule has 2 atom stereocenters. The summed E-state index contributed by atoms with van der Waals surface area (Å²) in [5, 5.41) is 0. The molecule has 0 aliphatic carbocycles. The van der Waals surface area contributed by atoms with E-state index in [1.807, 2.05) is 13.8 Å². The summed E-state index contributed by atoms with van der Waals surface area (Å²) in [6.45, 7) is 5.42. The molecule has 60 valence electrons. The Morgan fingerprint density at radius 2 is 2.10 bits per heavy atom. The Morgan fingerprint density at radius 3 is 2.40 bits per heavy atom. The molecular formula is C7H15NO2. The van der Waals surface area contributed by atoms with Gasteiger partial charge in [-0.2, -0.15) is 0 Å². The molecule has 0 radical (unpaired) electrons. The highest BCUT2D eigenvalue weighted by molar-refractivity contribution is 5.75. The van der Waals surface area contributed by atoms with Gasteiger partial charge < -0.3 is 10.5 Å². The average Bonchev–Trinajstić information content (AvgIpc) is 1.87. The van der Waals surface area contributed by atoms with Crippen molar-refractivity contribution in [3.8, 4) is 0 Å². The highest BCUT2D eigenvalue weighted by Crippen LogP contribution is 1.97. The van der Waals surface area contributed by atoms with Gasteiger partial charge >= 0.3 is 5.97 Å². The Kier molecular flexibility index (Phi) is 4.03. The molecule has 0 fully saturated rings. The molecule has 10 heavy (non-hydrogen) atoms. The minimum absolute atomic E-state index is 0.0153. The second-order valence-corrected chi connectivity index (χ2v) is 2.44. The summed E-state index contributed by atoms with van der Waals surface area (Å²) in [5.74, 6) is -0.325. The monoisotopic (exact) mass is 145 g/mol. The molecule has 0 aromatic carbocycles. The third-order valence-corrected chi connectivity index (χ3v) is 1.26. The minimum Gasteiger partial charge on any atom is -0.462 e. The van der Waals surface area contributed by atoms with Crippen molar-refractivity contribution in [1.29, 1.82) is 0 Å². The van der Waals surface area contributed by atoms with Crippen molar-refractivity contribution in [1.82, 2.24) is 0 Å². The van der Waals surface area contributed by atoms with Crippen molar-refractivity contribution >= 4 is 5.97 Å². The van der Waals surface area contributed by atoms with Crippen LogP contribution in [0.5, 0.6) is 0 Å². The predicted molar refractivity (Wildman–Crippen MR) is 39.5 cm³/mol. The molecular weight excluding hydrogens is 130 g/mol. The second kappa shape index (κ2) is 4.28. The molecule has 0 aromatic rings. The Balaban J connectivity index is 3.57. The molecule has 0 bridgehead atoms. The van der Waals surface area contributed by atoms with E-state index in [-0.39, 0.29) is 12.1 Å². The maximum absolute atomic E-state index is 10.8. The molecule has 0 amide bonds. The van der Waals surface area contributed by atoms with Crippen molar-refractivity contribution < 1.29 is 9.53 Å². The Bertz CT molecular complexity index is 112. The topological polar surface area (TPSA) is 52.3 Å². The SMILES string of the molecule is CC[C@H](C)OC(=O)C(C)N. The first-order valence-corrected chi connectivity index (χ1v) is 3.54. The van der Waals surface area contributed by atoms with Gasteiger partial charge in [0, 0.05) is 0 Å². The molecule has 3 heteroatoms. The Hall–Kier alpha value is -0.570. The van der Waals surface area contributed by atoms with Crippen LogP contribution in [0.2, 0.25) is 0 Å². The second-order valence-electron chi connectivity index (χ2n) is 2.44. The van der Waals surface area contributed by atoms with E-state index in [2.05, 4.69) is 0 Å². The van der Waals surface area contributed by atoms with Crippen LogP contribution in [0.3, 0.4) is 0 Å². The molecule has 0 aliphatic heterocycles. The molecule has 2 N–H and O–H groups in total. The molecule has 0 aromatic heterocycles. The Labute approximate surface area is 61.5 Å². The summed E-state index contributed by atoms with van der Waals surface area (Å²) < 4.78 is 4.90. The summed E-state index contributed by atoms with van der Waals surface area (Å²) in [5.41, 5.74) is 5.26. The van der Waals surface area contributed by atoms with Crippen LogP contribution in [-0.2, 0) is 9.53 Å². The van der Waals surface area contributed by atoms with Crippen molar-refractivity contribution in [2.24, 2.45) is 5.73 Å². The summed E-state index contributed by atoms with van der Waals surface area (Å²) >= 11 is 0. The van der Waals surface area contributed by atoms with E-state index >= 15 is 0 Å². The molecule has 1 unspecified atom stereocenters. The highest BCUT2D eigenvalue weighted by atomic mass is 16.5. The van der Waals surface area contributed by atoms with E-state index < -0.39 is 6.04 Å². The van der Waals surface area contributed by atoms with Crippen LogP contribution in [-0.4, -0.2) is 18.1 Å². The first kappa shape index (κ1) is 9.43. The number of ether oxygens (including phenoxy) is 1. The maximum atomic E-state index is 10.8. The number of carbonyl (C=O) groups excluding carboxylic acids is 1. The lowest BCUT2D eigenvalue weighted by molar-refractivity contribution is -0.149. The van der Waals surface area contributed by atoms with Gasteiger partial charge in [0.05, 0.1) is 6.10 Å². The van der Waals surface area contributed by atoms with Gasteiger partial charge in [-0.1, -0.05) is 6.92 Å². The number of nitrogens with two attached hydrogens (primary N) is 1. The molecule has 0 saturated carbocycles. The first-order valence-electron chi connectivity index (χ1n) is 3.54. The van der Waals surface area contributed by atoms with Crippen LogP contribution in [0.4, 0.5) is 0 Å². The van der Waals surface area contributed by atoms with E-state index in [0.717, 1.165) is 6.42 Å². The van der Waals surface area contributed by atoms with Crippen molar-refractivity contribution in [2.75, 3.05) is 0 Å². The number of hydrogen-bond donors (Lipinski definition) is 1. The third kappa shape index (κ3) is 3.45. The normalized spacial score (nSPS) is 16.0. The summed E-state index contributed by atoms with van der Waals surface area (Å²) in [4.78, 5) is 10.8. The van der Waals surface area contributed by atoms with Crippen molar-refractivity contribution in [3.63, 3.8) is 0 Å². The quantitative estimate of drug-likeness (QED) is 0.594. The molecule has 0 aliphatic rings. The standard InChI is InChI=1S/C7H15NO2/c1-4-5(2)10-7(9)6(3)8/h5-6H,4,8H2,1-3H3/t5-,6?/m0/s1. The number of rotatable bonds is 3. The van der Waals surface area contributed by atoms with E-state index in [1.54, 1.807) is 6.92 Å². The molecule has 0 heterocycles. The highest BCUT2D eigenvalue weighted by Gasteiger charge is 2.11. The zero-order chi connectivity index (χ0) is 8.15. The minimum atomic E-state index is -0.506. The largest absolute Gasteiger partial charge is 0.462 e. The van der Waals surface area contributed by atoms with E-state index in [0.29, 0.717) is 0 Å². The van der Waals surface area contributed by atoms with Crippen LogP contribution >= 0.6 is 0 Å². The summed E-state index contributed by atoms with van der Waals surface area (Å²) in [6.07, 6.45) is 0.817. The number of carbonyl (C=O) groups is 1. The molecule has 3 nitrogen and oxygen atoms in total. The average molecular weight is 145 g/mol. The smallest absolute Gasteiger partial charge is 0.322 e. The lowest BCUT2D eigenvalue weighted by atomic mass is 10.3. The van der Waals surface area contributed by atoms with Crippen LogP contribution in [0.15, 0.2) is 0 Å². The van der Waals surface area contributed by atoms with Crippen molar-refractivity contribution in [2.45, 2.75) is 39.3 Å². The van der Waals surface area contributed by atoms with Gasteiger partial charge in [-0.25, -0.2) is 0 Å². The molecule has 0 saturated heterocycles. The Morgan fingerprint density at radius 1 is 1.60 bits per heavy atom. The number of esters is 1. The predicted octanol–water partition coefficient (Wildman–Crippen LogP) is 0.675. The lowest BCUT2D eigenvalue weighted by Gasteiger charge is -2.11. The summed E-state index contributed by atoms with van der Waals surface area (Å²) in [7, 11) is 0. The fraction of sp³-hybridized carbons (Fsp3) is 0.857. The fourth-order valence-electron chi connectivity index (χ4n) is 0.389. The van der Waals surface area contributed by atoms with Gasteiger partial charge in [-0.15, -0.1) is 0 Å². The first-order chi connectivity index (χ1) is 4.57. The van der Waals surface area contributed by atoms with Crippen LogP contribution < -0.4 is 5.73 Å². The zero-order valence-electron chi connectivity index (χ0n) is 6.76. The van der Waals surface area contributed by atoms with Crippen LogP contribution in [0.1, 0.15) is 27.2 Å². The van der Waals surface area contributed by atoms with Gasteiger partial charge in [0.1, 0.15) is 6.04 Å². The fourth-order valence-corrected chi connectivity index (χ4v) is 0.389.